The average Bonchev–Trinajstić information content (AvgIpc) is 2.72. The summed E-state index contributed by atoms with van der Waals surface area (Å²) in [5.74, 6) is 10.3. The second-order valence-electron chi connectivity index (χ2n) is 8.54. The van der Waals surface area contributed by atoms with Crippen molar-refractivity contribution in [2.45, 2.75) is 78.1 Å². The van der Waals surface area contributed by atoms with Gasteiger partial charge in [-0.3, -0.25) is 0 Å². The average molecular weight is 349 g/mol. The lowest BCUT2D eigenvalue weighted by Crippen LogP contribution is -2.25. The molecule has 0 aromatic heterocycles. The molecule has 1 aromatic carbocycles. The maximum atomic E-state index is 3.27. The van der Waals surface area contributed by atoms with Gasteiger partial charge >= 0.3 is 0 Å². The van der Waals surface area contributed by atoms with Gasteiger partial charge in [0.25, 0.3) is 0 Å². The lowest BCUT2D eigenvalue weighted by atomic mass is 9.69. The van der Waals surface area contributed by atoms with Crippen molar-refractivity contribution in [3.05, 3.63) is 47.5 Å². The van der Waals surface area contributed by atoms with E-state index in [0.717, 1.165) is 35.7 Å². The Morgan fingerprint density at radius 3 is 2.04 bits per heavy atom. The van der Waals surface area contributed by atoms with Crippen LogP contribution >= 0.6 is 0 Å². The van der Waals surface area contributed by atoms with Gasteiger partial charge in [-0.05, 0) is 92.4 Å². The summed E-state index contributed by atoms with van der Waals surface area (Å²) < 4.78 is 0. The predicted octanol–water partition coefficient (Wildman–Crippen LogP) is 7.18. The minimum absolute atomic E-state index is 0.759. The molecule has 0 nitrogen and oxygen atoms in total. The van der Waals surface area contributed by atoms with E-state index < -0.39 is 0 Å². The fraction of sp³-hybridized carbons (Fsp3) is 0.615. The van der Waals surface area contributed by atoms with Gasteiger partial charge in [0.15, 0.2) is 0 Å². The molecule has 3 rings (SSSR count). The molecule has 140 valence electrons. The van der Waals surface area contributed by atoms with Crippen LogP contribution in [-0.4, -0.2) is 0 Å². The Labute approximate surface area is 161 Å². The fourth-order valence-electron chi connectivity index (χ4n) is 5.01. The van der Waals surface area contributed by atoms with Gasteiger partial charge in [-0.25, -0.2) is 0 Å². The molecule has 26 heavy (non-hydrogen) atoms. The maximum Gasteiger partial charge on any atom is 0.0249 e. The first kappa shape index (κ1) is 19.3. The highest BCUT2D eigenvalue weighted by molar-refractivity contribution is 5.38. The summed E-state index contributed by atoms with van der Waals surface area (Å²) in [7, 11) is 0. The Bertz CT molecular complexity index is 608. The van der Waals surface area contributed by atoms with Crippen LogP contribution in [0.2, 0.25) is 0 Å². The van der Waals surface area contributed by atoms with Gasteiger partial charge in [0.2, 0.25) is 0 Å². The van der Waals surface area contributed by atoms with E-state index in [1.165, 1.54) is 63.4 Å². The third kappa shape index (κ3) is 5.51. The highest BCUT2D eigenvalue weighted by Gasteiger charge is 2.29. The second kappa shape index (κ2) is 10.0. The van der Waals surface area contributed by atoms with Crippen molar-refractivity contribution < 1.29 is 0 Å². The Kier molecular flexibility index (Phi) is 7.43. The van der Waals surface area contributed by atoms with Crippen molar-refractivity contribution in [2.75, 3.05) is 0 Å². The Hall–Kier alpha value is -1.48. The molecule has 0 amide bonds. The number of aryl methyl sites for hydroxylation is 1. The maximum absolute atomic E-state index is 3.27. The predicted molar refractivity (Wildman–Crippen MR) is 113 cm³/mol. The lowest BCUT2D eigenvalue weighted by Gasteiger charge is -2.37. The smallest absolute Gasteiger partial charge is 0.0249 e. The molecule has 0 heteroatoms. The highest BCUT2D eigenvalue weighted by atomic mass is 14.3. The van der Waals surface area contributed by atoms with E-state index in [1.54, 1.807) is 0 Å². The van der Waals surface area contributed by atoms with Crippen LogP contribution in [0, 0.1) is 35.5 Å². The Morgan fingerprint density at radius 1 is 0.846 bits per heavy atom. The van der Waals surface area contributed by atoms with Crippen molar-refractivity contribution in [1.29, 1.82) is 0 Å². The summed E-state index contributed by atoms with van der Waals surface area (Å²) in [4.78, 5) is 0. The van der Waals surface area contributed by atoms with Crippen LogP contribution in [0.4, 0.5) is 0 Å². The summed E-state index contributed by atoms with van der Waals surface area (Å²) in [6.45, 7) is 4.56. The minimum Gasteiger partial charge on any atom is -0.0730 e. The molecule has 0 radical (unpaired) electrons. The van der Waals surface area contributed by atoms with E-state index in [1.807, 2.05) is 0 Å². The molecule has 2 aliphatic rings. The van der Waals surface area contributed by atoms with E-state index in [4.69, 9.17) is 0 Å². The van der Waals surface area contributed by atoms with Crippen LogP contribution < -0.4 is 0 Å². The van der Waals surface area contributed by atoms with E-state index in [9.17, 15) is 0 Å². The Morgan fingerprint density at radius 2 is 1.46 bits per heavy atom. The van der Waals surface area contributed by atoms with Crippen LogP contribution in [0.1, 0.15) is 82.8 Å². The second-order valence-corrected chi connectivity index (χ2v) is 8.54. The van der Waals surface area contributed by atoms with Crippen molar-refractivity contribution in [2.24, 2.45) is 23.7 Å². The molecular weight excluding hydrogens is 312 g/mol. The molecule has 1 aromatic rings. The van der Waals surface area contributed by atoms with E-state index in [-0.39, 0.29) is 0 Å². The molecule has 0 heterocycles. The van der Waals surface area contributed by atoms with Crippen LogP contribution in [0.3, 0.4) is 0 Å². The first-order valence-corrected chi connectivity index (χ1v) is 11.1. The molecule has 0 aliphatic heterocycles. The topological polar surface area (TPSA) is 0 Å². The molecule has 0 saturated heterocycles. The van der Waals surface area contributed by atoms with Crippen molar-refractivity contribution in [1.82, 2.24) is 0 Å². The molecule has 2 aliphatic carbocycles. The van der Waals surface area contributed by atoms with Gasteiger partial charge in [-0.2, -0.15) is 0 Å². The molecule has 0 N–H and O–H groups in total. The zero-order chi connectivity index (χ0) is 18.2. The molecule has 0 spiro atoms. The van der Waals surface area contributed by atoms with E-state index in [0.29, 0.717) is 0 Å². The number of allylic oxidation sites excluding steroid dienone is 2. The van der Waals surface area contributed by atoms with Gasteiger partial charge in [-0.15, -0.1) is 0 Å². The standard InChI is InChI=1S/C26H36/c1-3-21-9-11-23(12-10-21)7-5-6-8-24-15-19-26(20-16-24)25-17-13-22(4-2)14-18-25/h6,8-12,22,24-26H,3-4,13-20H2,1-2H3/t22-,24-,25-,26-. The van der Waals surface area contributed by atoms with Crippen LogP contribution in [0.25, 0.3) is 0 Å². The van der Waals surface area contributed by atoms with Crippen molar-refractivity contribution in [3.63, 3.8) is 0 Å². The van der Waals surface area contributed by atoms with E-state index >= 15 is 0 Å². The number of benzene rings is 1. The summed E-state index contributed by atoms with van der Waals surface area (Å²) in [5.41, 5.74) is 2.50. The van der Waals surface area contributed by atoms with Gasteiger partial charge in [0.05, 0.1) is 0 Å². The van der Waals surface area contributed by atoms with Crippen molar-refractivity contribution in [3.8, 4) is 11.8 Å². The molecule has 0 unspecified atom stereocenters. The number of hydrogen-bond donors (Lipinski definition) is 0. The van der Waals surface area contributed by atoms with E-state index in [2.05, 4.69) is 62.1 Å². The number of rotatable bonds is 4. The fourth-order valence-corrected chi connectivity index (χ4v) is 5.01. The van der Waals surface area contributed by atoms with Gasteiger partial charge in [0, 0.05) is 5.56 Å². The Balaban J connectivity index is 1.41. The van der Waals surface area contributed by atoms with Crippen LogP contribution in [0.5, 0.6) is 0 Å². The van der Waals surface area contributed by atoms with Crippen LogP contribution in [0.15, 0.2) is 36.4 Å². The van der Waals surface area contributed by atoms with Crippen LogP contribution in [-0.2, 0) is 6.42 Å². The lowest BCUT2D eigenvalue weighted by molar-refractivity contribution is 0.154. The summed E-state index contributed by atoms with van der Waals surface area (Å²) in [5, 5.41) is 0. The first-order valence-electron chi connectivity index (χ1n) is 11.1. The molecule has 2 saturated carbocycles. The third-order valence-electron chi connectivity index (χ3n) is 6.98. The summed E-state index contributed by atoms with van der Waals surface area (Å²) >= 11 is 0. The monoisotopic (exact) mass is 348 g/mol. The summed E-state index contributed by atoms with van der Waals surface area (Å²) in [6, 6.07) is 8.64. The molecule has 0 atom stereocenters. The zero-order valence-corrected chi connectivity index (χ0v) is 16.8. The highest BCUT2D eigenvalue weighted by Crippen LogP contribution is 2.42. The molecule has 2 fully saturated rings. The third-order valence-corrected chi connectivity index (χ3v) is 6.98. The van der Waals surface area contributed by atoms with Gasteiger partial charge in [-0.1, -0.05) is 63.2 Å². The minimum atomic E-state index is 0.759. The molecular formula is C26H36. The zero-order valence-electron chi connectivity index (χ0n) is 16.8. The largest absolute Gasteiger partial charge is 0.0730 e. The SMILES string of the molecule is CCc1ccc(C#CC=C[C@H]2CC[C@H]([C@H]3CC[C@H](CC)CC3)CC2)cc1. The first-order chi connectivity index (χ1) is 12.8. The summed E-state index contributed by atoms with van der Waals surface area (Å²) in [6.07, 6.45) is 18.6. The van der Waals surface area contributed by atoms with Gasteiger partial charge in [0.1, 0.15) is 0 Å². The quantitative estimate of drug-likeness (QED) is 0.505. The normalized spacial score (nSPS) is 29.3. The van der Waals surface area contributed by atoms with Gasteiger partial charge < -0.3 is 0 Å². The van der Waals surface area contributed by atoms with Crippen molar-refractivity contribution >= 4 is 0 Å². The molecule has 0 bridgehead atoms. The number of hydrogen-bond acceptors (Lipinski definition) is 0.